The molecule has 0 saturated carbocycles. The lowest BCUT2D eigenvalue weighted by Gasteiger charge is -2.34. The van der Waals surface area contributed by atoms with Crippen LogP contribution in [-0.2, 0) is 4.79 Å². The number of Topliss-reactive ketones (excluding diaryl/α,β-unsaturated/α-hetero) is 1. The number of allylic oxidation sites excluding steroid dienone is 1. The van der Waals surface area contributed by atoms with Crippen molar-refractivity contribution in [3.05, 3.63) is 89.1 Å². The zero-order valence-electron chi connectivity index (χ0n) is 19.7. The van der Waals surface area contributed by atoms with Crippen LogP contribution in [0, 0.1) is 12.3 Å². The van der Waals surface area contributed by atoms with Gasteiger partial charge in [-0.05, 0) is 59.7 Å². The van der Waals surface area contributed by atoms with Gasteiger partial charge in [0.2, 0.25) is 0 Å². The molecule has 1 atom stereocenters. The predicted octanol–water partition coefficient (Wildman–Crippen LogP) is 6.89. The van der Waals surface area contributed by atoms with Crippen molar-refractivity contribution in [3.63, 3.8) is 0 Å². The number of benzene rings is 3. The van der Waals surface area contributed by atoms with Gasteiger partial charge in [0.25, 0.3) is 0 Å². The topological polar surface area (TPSA) is 50.4 Å². The molecule has 3 aromatic rings. The lowest BCUT2D eigenvalue weighted by Crippen LogP contribution is -2.31. The number of anilines is 2. The van der Waals surface area contributed by atoms with Crippen LogP contribution in [0.1, 0.15) is 43.9 Å². The number of ether oxygens (including phenoxy) is 1. The second-order valence-electron chi connectivity index (χ2n) is 9.94. The average molecular weight is 439 g/mol. The fraction of sp³-hybridized carbons (Fsp3) is 0.276. The normalized spacial score (nSPS) is 19.0. The number of fused-ring (bicyclic) bond motifs is 1. The first-order valence-electron chi connectivity index (χ1n) is 11.5. The minimum absolute atomic E-state index is 0.0612. The lowest BCUT2D eigenvalue weighted by molar-refractivity contribution is -0.118. The van der Waals surface area contributed by atoms with Gasteiger partial charge in [0, 0.05) is 17.7 Å². The molecule has 33 heavy (non-hydrogen) atoms. The van der Waals surface area contributed by atoms with Crippen LogP contribution in [0.4, 0.5) is 11.4 Å². The van der Waals surface area contributed by atoms with E-state index in [1.165, 1.54) is 5.56 Å². The Kier molecular flexibility index (Phi) is 5.24. The van der Waals surface area contributed by atoms with Gasteiger partial charge in [0.05, 0.1) is 24.5 Å². The number of hydrogen-bond donors (Lipinski definition) is 2. The molecule has 0 spiro atoms. The fourth-order valence-electron chi connectivity index (χ4n) is 4.92. The highest BCUT2D eigenvalue weighted by Gasteiger charge is 2.38. The summed E-state index contributed by atoms with van der Waals surface area (Å²) in [5.74, 6) is 1.06. The molecule has 0 radical (unpaired) electrons. The molecule has 5 rings (SSSR count). The van der Waals surface area contributed by atoms with Crippen LogP contribution in [0.25, 0.3) is 11.1 Å². The van der Waals surface area contributed by atoms with Gasteiger partial charge >= 0.3 is 0 Å². The quantitative estimate of drug-likeness (QED) is 0.467. The molecule has 0 bridgehead atoms. The number of carbonyl (C=O) groups is 1. The Bertz CT molecular complexity index is 1240. The Morgan fingerprint density at radius 3 is 2.27 bits per heavy atom. The van der Waals surface area contributed by atoms with Crippen molar-refractivity contribution in [1.82, 2.24) is 0 Å². The number of ketones is 1. The maximum atomic E-state index is 13.4. The van der Waals surface area contributed by atoms with E-state index in [1.54, 1.807) is 7.11 Å². The summed E-state index contributed by atoms with van der Waals surface area (Å²) in [6.45, 7) is 6.42. The SMILES string of the molecule is COc1ccc(-c2ccc3c(c2)NC(c2ccc(C)cc2)C2=C(CC(C)(C)CC2=O)N3)cc1. The van der Waals surface area contributed by atoms with Crippen molar-refractivity contribution < 1.29 is 9.53 Å². The van der Waals surface area contributed by atoms with Crippen molar-refractivity contribution in [2.24, 2.45) is 5.41 Å². The number of hydrogen-bond acceptors (Lipinski definition) is 4. The molecule has 1 unspecified atom stereocenters. The van der Waals surface area contributed by atoms with Crippen LogP contribution < -0.4 is 15.4 Å². The van der Waals surface area contributed by atoms with Gasteiger partial charge in [-0.2, -0.15) is 0 Å². The summed E-state index contributed by atoms with van der Waals surface area (Å²) < 4.78 is 5.30. The largest absolute Gasteiger partial charge is 0.497 e. The number of aryl methyl sites for hydroxylation is 1. The summed E-state index contributed by atoms with van der Waals surface area (Å²) in [4.78, 5) is 13.4. The predicted molar refractivity (Wildman–Crippen MR) is 135 cm³/mol. The fourth-order valence-corrected chi connectivity index (χ4v) is 4.92. The summed E-state index contributed by atoms with van der Waals surface area (Å²) in [5.41, 5.74) is 8.36. The van der Waals surface area contributed by atoms with Crippen molar-refractivity contribution in [2.45, 2.75) is 39.7 Å². The minimum atomic E-state index is -0.191. The van der Waals surface area contributed by atoms with Gasteiger partial charge < -0.3 is 15.4 Å². The molecule has 1 aliphatic carbocycles. The van der Waals surface area contributed by atoms with E-state index in [-0.39, 0.29) is 17.2 Å². The highest BCUT2D eigenvalue weighted by molar-refractivity contribution is 6.01. The van der Waals surface area contributed by atoms with Gasteiger partial charge in [0.15, 0.2) is 5.78 Å². The van der Waals surface area contributed by atoms with E-state index in [2.05, 4.69) is 86.0 Å². The van der Waals surface area contributed by atoms with Crippen molar-refractivity contribution in [1.29, 1.82) is 0 Å². The molecular weight excluding hydrogens is 408 g/mol. The molecule has 0 fully saturated rings. The van der Waals surface area contributed by atoms with Gasteiger partial charge in [-0.1, -0.05) is 61.9 Å². The molecular formula is C29H30N2O2. The first-order chi connectivity index (χ1) is 15.8. The molecule has 4 heteroatoms. The monoisotopic (exact) mass is 438 g/mol. The Balaban J connectivity index is 1.60. The highest BCUT2D eigenvalue weighted by atomic mass is 16.5. The van der Waals surface area contributed by atoms with Gasteiger partial charge in [-0.15, -0.1) is 0 Å². The zero-order chi connectivity index (χ0) is 23.2. The summed E-state index contributed by atoms with van der Waals surface area (Å²) >= 11 is 0. The van der Waals surface area contributed by atoms with Crippen LogP contribution >= 0.6 is 0 Å². The van der Waals surface area contributed by atoms with E-state index >= 15 is 0 Å². The standard InChI is InChI=1S/C29H30N2O2/c1-18-5-7-20(8-6-18)28-27-25(16-29(2,3)17-26(27)32)30-23-14-11-21(15-24(23)31-28)19-9-12-22(33-4)13-10-19/h5-15,28,30-31H,16-17H2,1-4H3. The number of nitrogens with one attached hydrogen (secondary N) is 2. The minimum Gasteiger partial charge on any atom is -0.497 e. The third kappa shape index (κ3) is 4.13. The van der Waals surface area contributed by atoms with Crippen molar-refractivity contribution >= 4 is 17.2 Å². The molecule has 2 N–H and O–H groups in total. The van der Waals surface area contributed by atoms with E-state index in [4.69, 9.17) is 4.74 Å². The maximum absolute atomic E-state index is 13.4. The summed E-state index contributed by atoms with van der Waals surface area (Å²) in [7, 11) is 1.68. The van der Waals surface area contributed by atoms with Crippen LogP contribution in [0.3, 0.4) is 0 Å². The van der Waals surface area contributed by atoms with Gasteiger partial charge in [0.1, 0.15) is 5.75 Å². The number of carbonyl (C=O) groups excluding carboxylic acids is 1. The van der Waals surface area contributed by atoms with E-state index < -0.39 is 0 Å². The molecule has 168 valence electrons. The van der Waals surface area contributed by atoms with Gasteiger partial charge in [-0.25, -0.2) is 0 Å². The highest BCUT2D eigenvalue weighted by Crippen LogP contribution is 2.46. The van der Waals surface area contributed by atoms with E-state index in [1.807, 2.05) is 12.1 Å². The summed E-state index contributed by atoms with van der Waals surface area (Å²) in [6.07, 6.45) is 1.41. The lowest BCUT2D eigenvalue weighted by atomic mass is 9.73. The molecule has 4 nitrogen and oxygen atoms in total. The van der Waals surface area contributed by atoms with Crippen LogP contribution in [0.2, 0.25) is 0 Å². The summed E-state index contributed by atoms with van der Waals surface area (Å²) in [6, 6.07) is 22.8. The smallest absolute Gasteiger partial charge is 0.163 e. The second kappa shape index (κ2) is 8.11. The zero-order valence-corrected chi connectivity index (χ0v) is 19.7. The number of rotatable bonds is 3. The van der Waals surface area contributed by atoms with Gasteiger partial charge in [-0.3, -0.25) is 4.79 Å². The second-order valence-corrected chi connectivity index (χ2v) is 9.94. The average Bonchev–Trinajstić information content (AvgIpc) is 2.95. The molecule has 1 heterocycles. The van der Waals surface area contributed by atoms with Crippen molar-refractivity contribution in [2.75, 3.05) is 17.7 Å². The molecule has 0 amide bonds. The van der Waals surface area contributed by atoms with E-state index in [0.29, 0.717) is 6.42 Å². The van der Waals surface area contributed by atoms with Crippen LogP contribution in [-0.4, -0.2) is 12.9 Å². The molecule has 3 aromatic carbocycles. The van der Waals surface area contributed by atoms with E-state index in [0.717, 1.165) is 51.5 Å². The maximum Gasteiger partial charge on any atom is 0.163 e. The molecule has 1 aliphatic heterocycles. The summed E-state index contributed by atoms with van der Waals surface area (Å²) in [5, 5.41) is 7.35. The third-order valence-electron chi connectivity index (χ3n) is 6.65. The Morgan fingerprint density at radius 1 is 0.879 bits per heavy atom. The molecule has 0 saturated heterocycles. The number of methoxy groups -OCH3 is 1. The third-order valence-corrected chi connectivity index (χ3v) is 6.65. The first-order valence-corrected chi connectivity index (χ1v) is 11.5. The Labute approximate surface area is 195 Å². The molecule has 0 aromatic heterocycles. The van der Waals surface area contributed by atoms with E-state index in [9.17, 15) is 4.79 Å². The van der Waals surface area contributed by atoms with Crippen LogP contribution in [0.5, 0.6) is 5.75 Å². The Morgan fingerprint density at radius 2 is 1.58 bits per heavy atom. The van der Waals surface area contributed by atoms with Crippen molar-refractivity contribution in [3.8, 4) is 16.9 Å². The molecule has 2 aliphatic rings. The first kappa shape index (κ1) is 21.3. The Hall–Kier alpha value is -3.53. The van der Waals surface area contributed by atoms with Crippen LogP contribution in [0.15, 0.2) is 78.0 Å².